The summed E-state index contributed by atoms with van der Waals surface area (Å²) in [5, 5.41) is 10.7. The second kappa shape index (κ2) is 5.06. The fourth-order valence-electron chi connectivity index (χ4n) is 2.54. The molecule has 0 amide bonds. The maximum Gasteiger partial charge on any atom is 0.143 e. The van der Waals surface area contributed by atoms with Crippen LogP contribution in [-0.4, -0.2) is 14.7 Å². The third-order valence-electron chi connectivity index (χ3n) is 3.49. The number of aryl methyl sites for hydroxylation is 1. The number of aromatic nitrogens is 2. The van der Waals surface area contributed by atoms with E-state index in [1.165, 1.54) is 0 Å². The second-order valence-corrected chi connectivity index (χ2v) is 5.54. The number of nitrogens with two attached hydrogens (primary N) is 1. The maximum absolute atomic E-state index is 10.1. The summed E-state index contributed by atoms with van der Waals surface area (Å²) in [7, 11) is 0. The Kier molecular flexibility index (Phi) is 3.35. The van der Waals surface area contributed by atoms with E-state index < -0.39 is 6.10 Å². The minimum absolute atomic E-state index is 0.548. The zero-order valence-electron chi connectivity index (χ0n) is 11.8. The summed E-state index contributed by atoms with van der Waals surface area (Å²) in [5.41, 5.74) is 9.92. The van der Waals surface area contributed by atoms with E-state index in [1.54, 1.807) is 13.0 Å². The molecule has 3 rings (SSSR count). The number of aliphatic hydroxyl groups excluding tert-OH is 1. The van der Waals surface area contributed by atoms with Gasteiger partial charge in [0.05, 0.1) is 21.7 Å². The fraction of sp³-hybridized carbons (Fsp3) is 0.188. The Balaban J connectivity index is 2.42. The Morgan fingerprint density at radius 1 is 1.29 bits per heavy atom. The molecule has 0 saturated carbocycles. The predicted octanol–water partition coefficient (Wildman–Crippen LogP) is 3.62. The summed E-state index contributed by atoms with van der Waals surface area (Å²) in [6.45, 7) is 3.67. The summed E-state index contributed by atoms with van der Waals surface area (Å²) in [4.78, 5) is 4.51. The lowest BCUT2D eigenvalue weighted by molar-refractivity contribution is 0.187. The fourth-order valence-corrected chi connectivity index (χ4v) is 2.84. The van der Waals surface area contributed by atoms with Gasteiger partial charge in [0.25, 0.3) is 0 Å². The summed E-state index contributed by atoms with van der Waals surface area (Å²) < 4.78 is 1.90. The van der Waals surface area contributed by atoms with Crippen molar-refractivity contribution >= 4 is 28.3 Å². The SMILES string of the molecule is Cc1cccc(Cl)c1-n1c(C(C)O)nc2cc(N)ccc21. The van der Waals surface area contributed by atoms with Crippen LogP contribution in [0.3, 0.4) is 0 Å². The lowest BCUT2D eigenvalue weighted by Crippen LogP contribution is -2.06. The monoisotopic (exact) mass is 301 g/mol. The first kappa shape index (κ1) is 13.9. The first-order valence-electron chi connectivity index (χ1n) is 6.70. The molecule has 2 aromatic carbocycles. The van der Waals surface area contributed by atoms with E-state index in [4.69, 9.17) is 17.3 Å². The third kappa shape index (κ3) is 2.26. The normalized spacial score (nSPS) is 12.8. The van der Waals surface area contributed by atoms with E-state index in [0.29, 0.717) is 16.5 Å². The quantitative estimate of drug-likeness (QED) is 0.711. The molecular formula is C16H16ClN3O. The molecule has 21 heavy (non-hydrogen) atoms. The number of nitrogens with zero attached hydrogens (tertiary/aromatic N) is 2. The smallest absolute Gasteiger partial charge is 0.143 e. The first-order chi connectivity index (χ1) is 9.99. The van der Waals surface area contributed by atoms with Gasteiger partial charge in [0, 0.05) is 5.69 Å². The molecule has 5 heteroatoms. The van der Waals surface area contributed by atoms with Crippen LogP contribution in [0.15, 0.2) is 36.4 Å². The van der Waals surface area contributed by atoms with Crippen LogP contribution in [0.4, 0.5) is 5.69 Å². The minimum Gasteiger partial charge on any atom is -0.399 e. The van der Waals surface area contributed by atoms with E-state index in [0.717, 1.165) is 22.3 Å². The largest absolute Gasteiger partial charge is 0.399 e. The molecule has 108 valence electrons. The molecule has 0 aliphatic rings. The highest BCUT2D eigenvalue weighted by Gasteiger charge is 2.19. The van der Waals surface area contributed by atoms with Crippen molar-refractivity contribution in [2.24, 2.45) is 0 Å². The molecule has 1 aromatic heterocycles. The van der Waals surface area contributed by atoms with Gasteiger partial charge in [0.2, 0.25) is 0 Å². The number of nitrogen functional groups attached to an aromatic ring is 1. The van der Waals surface area contributed by atoms with Gasteiger partial charge in [-0.3, -0.25) is 4.57 Å². The van der Waals surface area contributed by atoms with Gasteiger partial charge in [-0.15, -0.1) is 0 Å². The zero-order chi connectivity index (χ0) is 15.1. The Bertz CT molecular complexity index is 803. The molecule has 0 aliphatic carbocycles. The van der Waals surface area contributed by atoms with Crippen molar-refractivity contribution in [1.29, 1.82) is 0 Å². The maximum atomic E-state index is 10.1. The average Bonchev–Trinajstić information content (AvgIpc) is 2.77. The molecule has 1 unspecified atom stereocenters. The van der Waals surface area contributed by atoms with Crippen molar-refractivity contribution in [1.82, 2.24) is 9.55 Å². The standard InChI is InChI=1S/C16H16ClN3O/c1-9-4-3-5-12(17)15(9)20-14-7-6-11(18)8-13(14)19-16(20)10(2)21/h3-8,10,21H,18H2,1-2H3. The molecule has 3 aromatic rings. The molecule has 3 N–H and O–H groups in total. The van der Waals surface area contributed by atoms with Crippen molar-refractivity contribution < 1.29 is 5.11 Å². The van der Waals surface area contributed by atoms with Crippen molar-refractivity contribution in [3.05, 3.63) is 52.8 Å². The van der Waals surface area contributed by atoms with Crippen LogP contribution in [-0.2, 0) is 0 Å². The van der Waals surface area contributed by atoms with E-state index in [1.807, 2.05) is 41.8 Å². The van der Waals surface area contributed by atoms with Crippen LogP contribution in [0.5, 0.6) is 0 Å². The topological polar surface area (TPSA) is 64.1 Å². The highest BCUT2D eigenvalue weighted by atomic mass is 35.5. The van der Waals surface area contributed by atoms with Crippen molar-refractivity contribution in [2.75, 3.05) is 5.73 Å². The van der Waals surface area contributed by atoms with Gasteiger partial charge in [-0.25, -0.2) is 4.98 Å². The van der Waals surface area contributed by atoms with Gasteiger partial charge >= 0.3 is 0 Å². The molecule has 0 radical (unpaired) electrons. The van der Waals surface area contributed by atoms with Crippen LogP contribution in [0.25, 0.3) is 16.7 Å². The molecule has 0 aliphatic heterocycles. The minimum atomic E-state index is -0.714. The van der Waals surface area contributed by atoms with Gasteiger partial charge in [-0.05, 0) is 43.7 Å². The van der Waals surface area contributed by atoms with Gasteiger partial charge in [0.15, 0.2) is 0 Å². The molecule has 0 fully saturated rings. The number of fused-ring (bicyclic) bond motifs is 1. The van der Waals surface area contributed by atoms with Crippen LogP contribution in [0, 0.1) is 6.92 Å². The van der Waals surface area contributed by atoms with Crippen LogP contribution in [0.1, 0.15) is 24.4 Å². The van der Waals surface area contributed by atoms with E-state index in [9.17, 15) is 5.11 Å². The van der Waals surface area contributed by atoms with Crippen molar-refractivity contribution in [3.63, 3.8) is 0 Å². The van der Waals surface area contributed by atoms with E-state index in [-0.39, 0.29) is 0 Å². The summed E-state index contributed by atoms with van der Waals surface area (Å²) in [6.07, 6.45) is -0.714. The zero-order valence-corrected chi connectivity index (χ0v) is 12.6. The lowest BCUT2D eigenvalue weighted by atomic mass is 10.2. The van der Waals surface area contributed by atoms with Gasteiger partial charge in [-0.2, -0.15) is 0 Å². The number of hydrogen-bond acceptors (Lipinski definition) is 3. The number of imidazole rings is 1. The summed E-state index contributed by atoms with van der Waals surface area (Å²) in [5.74, 6) is 0.548. The van der Waals surface area contributed by atoms with Gasteiger partial charge < -0.3 is 10.8 Å². The first-order valence-corrected chi connectivity index (χ1v) is 7.08. The molecule has 0 spiro atoms. The van der Waals surface area contributed by atoms with E-state index >= 15 is 0 Å². The number of hydrogen-bond donors (Lipinski definition) is 2. The Hall–Kier alpha value is -2.04. The highest BCUT2D eigenvalue weighted by Crippen LogP contribution is 2.32. The summed E-state index contributed by atoms with van der Waals surface area (Å²) >= 11 is 6.37. The number of para-hydroxylation sites is 1. The average molecular weight is 302 g/mol. The number of aliphatic hydroxyl groups is 1. The van der Waals surface area contributed by atoms with Crippen LogP contribution < -0.4 is 5.73 Å². The molecule has 0 bridgehead atoms. The molecule has 1 atom stereocenters. The predicted molar refractivity (Wildman–Crippen MR) is 85.9 cm³/mol. The Morgan fingerprint density at radius 3 is 2.71 bits per heavy atom. The van der Waals surface area contributed by atoms with Crippen LogP contribution >= 0.6 is 11.6 Å². The Morgan fingerprint density at radius 2 is 2.05 bits per heavy atom. The summed E-state index contributed by atoms with van der Waals surface area (Å²) in [6, 6.07) is 11.2. The van der Waals surface area contributed by atoms with Crippen LogP contribution in [0.2, 0.25) is 5.02 Å². The molecule has 0 saturated heterocycles. The molecule has 4 nitrogen and oxygen atoms in total. The number of halogens is 1. The third-order valence-corrected chi connectivity index (χ3v) is 3.80. The second-order valence-electron chi connectivity index (χ2n) is 5.13. The Labute approximate surface area is 127 Å². The van der Waals surface area contributed by atoms with Crippen molar-refractivity contribution in [2.45, 2.75) is 20.0 Å². The van der Waals surface area contributed by atoms with Gasteiger partial charge in [0.1, 0.15) is 11.9 Å². The van der Waals surface area contributed by atoms with E-state index in [2.05, 4.69) is 4.98 Å². The highest BCUT2D eigenvalue weighted by molar-refractivity contribution is 6.32. The number of rotatable bonds is 2. The molecular weight excluding hydrogens is 286 g/mol. The number of anilines is 1. The number of benzene rings is 2. The lowest BCUT2D eigenvalue weighted by Gasteiger charge is -2.15. The van der Waals surface area contributed by atoms with Crippen molar-refractivity contribution in [3.8, 4) is 5.69 Å². The van der Waals surface area contributed by atoms with Gasteiger partial charge in [-0.1, -0.05) is 23.7 Å². The molecule has 1 heterocycles.